The molecule has 0 fully saturated rings. The van der Waals surface area contributed by atoms with Gasteiger partial charge in [0.25, 0.3) is 0 Å². The summed E-state index contributed by atoms with van der Waals surface area (Å²) in [6.07, 6.45) is 4.04. The van der Waals surface area contributed by atoms with Gasteiger partial charge in [-0.15, -0.1) is 11.3 Å². The summed E-state index contributed by atoms with van der Waals surface area (Å²) < 4.78 is 0. The maximum absolute atomic E-state index is 8.94. The second-order valence-electron chi connectivity index (χ2n) is 3.49. The normalized spacial score (nSPS) is 11.8. The summed E-state index contributed by atoms with van der Waals surface area (Å²) in [7, 11) is 0. The number of rotatable bonds is 4. The molecule has 0 saturated heterocycles. The first kappa shape index (κ1) is 11.6. The van der Waals surface area contributed by atoms with Crippen molar-refractivity contribution >= 4 is 17.2 Å². The van der Waals surface area contributed by atoms with Crippen molar-refractivity contribution in [3.8, 4) is 6.07 Å². The molecule has 5 heteroatoms. The molecule has 0 aliphatic carbocycles. The Morgan fingerprint density at radius 1 is 1.47 bits per heavy atom. The number of thiophene rings is 1. The monoisotopic (exact) mass is 244 g/mol. The SMILES string of the molecule is CCC(Nc1nccnc1C#N)c1cccs1. The molecular weight excluding hydrogens is 232 g/mol. The van der Waals surface area contributed by atoms with Gasteiger partial charge in [-0.05, 0) is 17.9 Å². The van der Waals surface area contributed by atoms with Crippen LogP contribution in [0.5, 0.6) is 0 Å². The minimum atomic E-state index is 0.179. The van der Waals surface area contributed by atoms with E-state index in [0.29, 0.717) is 11.5 Å². The smallest absolute Gasteiger partial charge is 0.182 e. The van der Waals surface area contributed by atoms with Crippen LogP contribution in [0.2, 0.25) is 0 Å². The molecule has 0 aliphatic rings. The van der Waals surface area contributed by atoms with Crippen molar-refractivity contribution in [2.24, 2.45) is 0 Å². The molecule has 2 aromatic heterocycles. The highest BCUT2D eigenvalue weighted by molar-refractivity contribution is 7.10. The number of aromatic nitrogens is 2. The van der Waals surface area contributed by atoms with Crippen LogP contribution in [0.1, 0.15) is 30.0 Å². The van der Waals surface area contributed by atoms with E-state index in [1.807, 2.05) is 17.5 Å². The van der Waals surface area contributed by atoms with Crippen LogP contribution in [0, 0.1) is 11.3 Å². The van der Waals surface area contributed by atoms with Crippen molar-refractivity contribution in [1.82, 2.24) is 9.97 Å². The third kappa shape index (κ3) is 2.60. The number of hydrogen-bond donors (Lipinski definition) is 1. The van der Waals surface area contributed by atoms with Crippen molar-refractivity contribution in [3.63, 3.8) is 0 Å². The average molecular weight is 244 g/mol. The Morgan fingerprint density at radius 2 is 2.29 bits per heavy atom. The molecule has 1 N–H and O–H groups in total. The molecule has 1 unspecified atom stereocenters. The van der Waals surface area contributed by atoms with Gasteiger partial charge < -0.3 is 5.32 Å². The lowest BCUT2D eigenvalue weighted by Crippen LogP contribution is -2.11. The third-order valence-corrected chi connectivity index (χ3v) is 3.40. The molecule has 1 atom stereocenters. The highest BCUT2D eigenvalue weighted by atomic mass is 32.1. The summed E-state index contributed by atoms with van der Waals surface area (Å²) in [5.41, 5.74) is 0.336. The van der Waals surface area contributed by atoms with Gasteiger partial charge >= 0.3 is 0 Å². The van der Waals surface area contributed by atoms with Gasteiger partial charge in [0.2, 0.25) is 0 Å². The zero-order valence-corrected chi connectivity index (χ0v) is 10.2. The Hall–Kier alpha value is -1.93. The van der Waals surface area contributed by atoms with Crippen LogP contribution in [0.25, 0.3) is 0 Å². The number of nitrogens with zero attached hydrogens (tertiary/aromatic N) is 3. The highest BCUT2D eigenvalue weighted by Gasteiger charge is 2.13. The average Bonchev–Trinajstić information content (AvgIpc) is 2.90. The molecule has 0 amide bonds. The van der Waals surface area contributed by atoms with Crippen molar-refractivity contribution in [2.45, 2.75) is 19.4 Å². The molecule has 0 radical (unpaired) electrons. The molecule has 0 spiro atoms. The Bertz CT molecular complexity index is 516. The first-order valence-electron chi connectivity index (χ1n) is 5.36. The Labute approximate surface area is 104 Å². The standard InChI is InChI=1S/C12H12N4S/c1-2-9(11-4-3-7-17-11)16-12-10(8-13)14-5-6-15-12/h3-7,9H,2H2,1H3,(H,15,16). The first-order chi connectivity index (χ1) is 8.35. The zero-order chi connectivity index (χ0) is 12.1. The molecule has 2 heterocycles. The molecule has 2 rings (SSSR count). The summed E-state index contributed by atoms with van der Waals surface area (Å²) in [6, 6.07) is 6.31. The zero-order valence-electron chi connectivity index (χ0n) is 9.42. The van der Waals surface area contributed by atoms with Gasteiger partial charge in [-0.2, -0.15) is 5.26 Å². The number of nitrogens with one attached hydrogen (secondary N) is 1. The fourth-order valence-corrected chi connectivity index (χ4v) is 2.42. The van der Waals surface area contributed by atoms with E-state index in [9.17, 15) is 0 Å². The quantitative estimate of drug-likeness (QED) is 0.898. The van der Waals surface area contributed by atoms with Crippen LogP contribution in [0.4, 0.5) is 5.82 Å². The molecule has 0 bridgehead atoms. The lowest BCUT2D eigenvalue weighted by Gasteiger charge is -2.16. The fourth-order valence-electron chi connectivity index (χ4n) is 1.55. The molecule has 0 aliphatic heterocycles. The Morgan fingerprint density at radius 3 is 2.94 bits per heavy atom. The molecule has 2 aromatic rings. The van der Waals surface area contributed by atoms with E-state index >= 15 is 0 Å². The predicted molar refractivity (Wildman–Crippen MR) is 67.7 cm³/mol. The number of anilines is 1. The van der Waals surface area contributed by atoms with Gasteiger partial charge in [-0.1, -0.05) is 13.0 Å². The van der Waals surface area contributed by atoms with Gasteiger partial charge in [-0.3, -0.25) is 0 Å². The Kier molecular flexibility index (Phi) is 3.68. The van der Waals surface area contributed by atoms with Gasteiger partial charge in [0.05, 0.1) is 6.04 Å². The Balaban J connectivity index is 2.22. The maximum atomic E-state index is 8.94. The van der Waals surface area contributed by atoms with E-state index in [1.165, 1.54) is 11.1 Å². The van der Waals surface area contributed by atoms with Crippen molar-refractivity contribution in [1.29, 1.82) is 5.26 Å². The molecule has 0 saturated carbocycles. The fraction of sp³-hybridized carbons (Fsp3) is 0.250. The minimum Gasteiger partial charge on any atom is -0.360 e. The van der Waals surface area contributed by atoms with Crippen LogP contribution in [0.3, 0.4) is 0 Å². The van der Waals surface area contributed by atoms with Crippen LogP contribution >= 0.6 is 11.3 Å². The van der Waals surface area contributed by atoms with Crippen molar-refractivity contribution in [2.75, 3.05) is 5.32 Å². The largest absolute Gasteiger partial charge is 0.360 e. The summed E-state index contributed by atoms with van der Waals surface area (Å²) in [4.78, 5) is 9.38. The number of hydrogen-bond acceptors (Lipinski definition) is 5. The van der Waals surface area contributed by atoms with E-state index in [4.69, 9.17) is 5.26 Å². The second kappa shape index (κ2) is 5.41. The van der Waals surface area contributed by atoms with E-state index < -0.39 is 0 Å². The molecular formula is C12H12N4S. The van der Waals surface area contributed by atoms with Crippen LogP contribution in [0.15, 0.2) is 29.9 Å². The highest BCUT2D eigenvalue weighted by Crippen LogP contribution is 2.25. The van der Waals surface area contributed by atoms with Gasteiger partial charge in [0.15, 0.2) is 11.5 Å². The van der Waals surface area contributed by atoms with E-state index in [0.717, 1.165) is 6.42 Å². The molecule has 0 aromatic carbocycles. The third-order valence-electron chi connectivity index (χ3n) is 2.41. The van der Waals surface area contributed by atoms with E-state index in [1.54, 1.807) is 17.5 Å². The molecule has 17 heavy (non-hydrogen) atoms. The van der Waals surface area contributed by atoms with Crippen LogP contribution < -0.4 is 5.32 Å². The molecule has 86 valence electrons. The summed E-state index contributed by atoms with van der Waals surface area (Å²) in [5.74, 6) is 0.551. The minimum absolute atomic E-state index is 0.179. The van der Waals surface area contributed by atoms with Gasteiger partial charge in [0, 0.05) is 17.3 Å². The van der Waals surface area contributed by atoms with Crippen molar-refractivity contribution in [3.05, 3.63) is 40.5 Å². The lowest BCUT2D eigenvalue weighted by molar-refractivity contribution is 0.757. The second-order valence-corrected chi connectivity index (χ2v) is 4.47. The lowest BCUT2D eigenvalue weighted by atomic mass is 10.2. The van der Waals surface area contributed by atoms with E-state index in [2.05, 4.69) is 28.3 Å². The summed E-state index contributed by atoms with van der Waals surface area (Å²) >= 11 is 1.69. The summed E-state index contributed by atoms with van der Waals surface area (Å²) in [5, 5.41) is 14.3. The van der Waals surface area contributed by atoms with Gasteiger partial charge in [0.1, 0.15) is 6.07 Å². The van der Waals surface area contributed by atoms with Crippen LogP contribution in [-0.2, 0) is 0 Å². The van der Waals surface area contributed by atoms with Crippen molar-refractivity contribution < 1.29 is 0 Å². The van der Waals surface area contributed by atoms with E-state index in [-0.39, 0.29) is 6.04 Å². The maximum Gasteiger partial charge on any atom is 0.182 e. The van der Waals surface area contributed by atoms with Crippen LogP contribution in [-0.4, -0.2) is 9.97 Å². The molecule has 4 nitrogen and oxygen atoms in total. The number of nitriles is 1. The van der Waals surface area contributed by atoms with Gasteiger partial charge in [-0.25, -0.2) is 9.97 Å². The predicted octanol–water partition coefficient (Wildman–Crippen LogP) is 2.97. The topological polar surface area (TPSA) is 61.6 Å². The first-order valence-corrected chi connectivity index (χ1v) is 6.24. The summed E-state index contributed by atoms with van der Waals surface area (Å²) in [6.45, 7) is 2.10.